The van der Waals surface area contributed by atoms with Crippen LogP contribution in [0.25, 0.3) is 0 Å². The number of benzene rings is 1. The van der Waals surface area contributed by atoms with Gasteiger partial charge in [0.25, 0.3) is 0 Å². The van der Waals surface area contributed by atoms with E-state index in [0.29, 0.717) is 0 Å². The summed E-state index contributed by atoms with van der Waals surface area (Å²) in [4.78, 5) is 0. The van der Waals surface area contributed by atoms with Crippen LogP contribution in [0.5, 0.6) is 0 Å². The van der Waals surface area contributed by atoms with Crippen molar-refractivity contribution < 1.29 is 8.78 Å². The molecule has 0 amide bonds. The summed E-state index contributed by atoms with van der Waals surface area (Å²) >= 11 is 0. The fraction of sp³-hybridized carbons (Fsp3) is 0.111. The smallest absolute Gasteiger partial charge is 0.128 e. The van der Waals surface area contributed by atoms with Gasteiger partial charge in [-0.15, -0.1) is 19.0 Å². The van der Waals surface area contributed by atoms with Crippen molar-refractivity contribution in [2.75, 3.05) is 0 Å². The highest BCUT2D eigenvalue weighted by molar-refractivity contribution is 5.85. The Labute approximate surface area is 81.7 Å². The SMILES string of the molecule is C=C[C@H](N)c1cc(F)ccc1F.Cl. The molecule has 0 radical (unpaired) electrons. The summed E-state index contributed by atoms with van der Waals surface area (Å²) in [6.07, 6.45) is 1.36. The molecule has 0 aromatic heterocycles. The maximum atomic E-state index is 12.9. The van der Waals surface area contributed by atoms with Crippen LogP contribution >= 0.6 is 12.4 Å². The summed E-state index contributed by atoms with van der Waals surface area (Å²) in [7, 11) is 0. The highest BCUT2D eigenvalue weighted by atomic mass is 35.5. The summed E-state index contributed by atoms with van der Waals surface area (Å²) in [6.45, 7) is 3.39. The number of halogens is 3. The Hall–Kier alpha value is -0.930. The van der Waals surface area contributed by atoms with E-state index in [9.17, 15) is 8.78 Å². The molecule has 72 valence electrons. The summed E-state index contributed by atoms with van der Waals surface area (Å²) in [6, 6.07) is 2.52. The Bertz CT molecular complexity index is 302. The minimum Gasteiger partial charge on any atom is -0.321 e. The number of rotatable bonds is 2. The molecule has 0 bridgehead atoms. The molecule has 1 rings (SSSR count). The molecule has 0 saturated heterocycles. The monoisotopic (exact) mass is 205 g/mol. The predicted molar refractivity (Wildman–Crippen MR) is 50.7 cm³/mol. The molecule has 0 fully saturated rings. The fourth-order valence-corrected chi connectivity index (χ4v) is 0.897. The zero-order valence-corrected chi connectivity index (χ0v) is 7.65. The van der Waals surface area contributed by atoms with Crippen molar-refractivity contribution in [1.29, 1.82) is 0 Å². The van der Waals surface area contributed by atoms with Crippen molar-refractivity contribution in [2.24, 2.45) is 5.73 Å². The van der Waals surface area contributed by atoms with Crippen LogP contribution in [0.2, 0.25) is 0 Å². The van der Waals surface area contributed by atoms with Gasteiger partial charge in [0.05, 0.1) is 6.04 Å². The van der Waals surface area contributed by atoms with Gasteiger partial charge in [-0.3, -0.25) is 0 Å². The van der Waals surface area contributed by atoms with Gasteiger partial charge in [0, 0.05) is 5.56 Å². The molecule has 0 spiro atoms. The van der Waals surface area contributed by atoms with E-state index in [1.165, 1.54) is 6.08 Å². The molecular weight excluding hydrogens is 196 g/mol. The van der Waals surface area contributed by atoms with E-state index in [4.69, 9.17) is 5.73 Å². The van der Waals surface area contributed by atoms with Crippen LogP contribution in [-0.4, -0.2) is 0 Å². The van der Waals surface area contributed by atoms with Gasteiger partial charge in [-0.05, 0) is 18.2 Å². The van der Waals surface area contributed by atoms with Gasteiger partial charge in [-0.2, -0.15) is 0 Å². The van der Waals surface area contributed by atoms with Crippen molar-refractivity contribution in [3.8, 4) is 0 Å². The van der Waals surface area contributed by atoms with Crippen LogP contribution in [0.15, 0.2) is 30.9 Å². The van der Waals surface area contributed by atoms with Crippen LogP contribution in [-0.2, 0) is 0 Å². The zero-order chi connectivity index (χ0) is 9.14. The van der Waals surface area contributed by atoms with Gasteiger partial charge in [0.1, 0.15) is 11.6 Å². The summed E-state index contributed by atoms with van der Waals surface area (Å²) in [5.41, 5.74) is 5.57. The lowest BCUT2D eigenvalue weighted by molar-refractivity contribution is 0.579. The van der Waals surface area contributed by atoms with Crippen LogP contribution in [0.4, 0.5) is 8.78 Å². The molecule has 2 N–H and O–H groups in total. The summed E-state index contributed by atoms with van der Waals surface area (Å²) in [5.74, 6) is -1.01. The quantitative estimate of drug-likeness (QED) is 0.738. The molecule has 4 heteroatoms. The number of nitrogens with two attached hydrogens (primary N) is 1. The normalized spacial score (nSPS) is 11.6. The molecule has 0 aliphatic rings. The Morgan fingerprint density at radius 1 is 1.38 bits per heavy atom. The molecule has 13 heavy (non-hydrogen) atoms. The van der Waals surface area contributed by atoms with Crippen molar-refractivity contribution in [3.05, 3.63) is 48.1 Å². The molecule has 1 aromatic rings. The maximum Gasteiger partial charge on any atom is 0.128 e. The van der Waals surface area contributed by atoms with Gasteiger partial charge in [-0.25, -0.2) is 8.78 Å². The van der Waals surface area contributed by atoms with Crippen molar-refractivity contribution in [1.82, 2.24) is 0 Å². The third-order valence-corrected chi connectivity index (χ3v) is 1.57. The van der Waals surface area contributed by atoms with E-state index >= 15 is 0 Å². The van der Waals surface area contributed by atoms with Gasteiger partial charge >= 0.3 is 0 Å². The Balaban J connectivity index is 0.00000144. The van der Waals surface area contributed by atoms with Crippen LogP contribution in [0.1, 0.15) is 11.6 Å². The molecule has 0 unspecified atom stereocenters. The molecule has 0 aliphatic carbocycles. The molecule has 0 saturated carbocycles. The van der Waals surface area contributed by atoms with Crippen molar-refractivity contribution in [3.63, 3.8) is 0 Å². The predicted octanol–water partition coefficient (Wildman–Crippen LogP) is 2.57. The Morgan fingerprint density at radius 2 is 2.00 bits per heavy atom. The second-order valence-electron chi connectivity index (χ2n) is 2.43. The van der Waals surface area contributed by atoms with E-state index in [2.05, 4.69) is 6.58 Å². The van der Waals surface area contributed by atoms with Crippen LogP contribution < -0.4 is 5.73 Å². The number of hydrogen-bond acceptors (Lipinski definition) is 1. The third kappa shape index (κ3) is 2.79. The third-order valence-electron chi connectivity index (χ3n) is 1.57. The first kappa shape index (κ1) is 12.1. The van der Waals surface area contributed by atoms with Crippen LogP contribution in [0.3, 0.4) is 0 Å². The lowest BCUT2D eigenvalue weighted by Gasteiger charge is -2.07. The minimum atomic E-state index is -0.652. The van der Waals surface area contributed by atoms with E-state index in [-0.39, 0.29) is 18.0 Å². The lowest BCUT2D eigenvalue weighted by atomic mass is 10.1. The number of hydrogen-bond donors (Lipinski definition) is 1. The minimum absolute atomic E-state index is 0. The van der Waals surface area contributed by atoms with E-state index in [1.807, 2.05) is 0 Å². The van der Waals surface area contributed by atoms with Gasteiger partial charge in [-0.1, -0.05) is 6.08 Å². The first-order valence-electron chi connectivity index (χ1n) is 3.48. The average molecular weight is 206 g/mol. The average Bonchev–Trinajstić information content (AvgIpc) is 2.08. The molecule has 0 heterocycles. The zero-order valence-electron chi connectivity index (χ0n) is 6.84. The highest BCUT2D eigenvalue weighted by Crippen LogP contribution is 2.16. The van der Waals surface area contributed by atoms with Crippen molar-refractivity contribution >= 4 is 12.4 Å². The summed E-state index contributed by atoms with van der Waals surface area (Å²) < 4.78 is 25.5. The first-order chi connectivity index (χ1) is 5.65. The van der Waals surface area contributed by atoms with Gasteiger partial charge in [0.15, 0.2) is 0 Å². The second-order valence-corrected chi connectivity index (χ2v) is 2.43. The Morgan fingerprint density at radius 3 is 2.54 bits per heavy atom. The Kier molecular flexibility index (Phi) is 4.59. The largest absolute Gasteiger partial charge is 0.321 e. The summed E-state index contributed by atoms with van der Waals surface area (Å²) in [5, 5.41) is 0. The van der Waals surface area contributed by atoms with Gasteiger partial charge < -0.3 is 5.73 Å². The van der Waals surface area contributed by atoms with Crippen molar-refractivity contribution in [2.45, 2.75) is 6.04 Å². The topological polar surface area (TPSA) is 26.0 Å². The molecule has 0 aliphatic heterocycles. The van der Waals surface area contributed by atoms with Gasteiger partial charge in [0.2, 0.25) is 0 Å². The van der Waals surface area contributed by atoms with E-state index in [0.717, 1.165) is 18.2 Å². The van der Waals surface area contributed by atoms with E-state index in [1.54, 1.807) is 0 Å². The lowest BCUT2D eigenvalue weighted by Crippen LogP contribution is -2.08. The second kappa shape index (κ2) is 4.94. The molecular formula is C9H10ClF2N. The first-order valence-corrected chi connectivity index (χ1v) is 3.48. The standard InChI is InChI=1S/C9H9F2N.ClH/c1-2-9(12)7-5-6(10)3-4-8(7)11;/h2-5,9H,1,12H2;1H/t9-;/m0./s1. The van der Waals surface area contributed by atoms with E-state index < -0.39 is 17.7 Å². The van der Waals surface area contributed by atoms with Crippen LogP contribution in [0, 0.1) is 11.6 Å². The molecule has 1 nitrogen and oxygen atoms in total. The highest BCUT2D eigenvalue weighted by Gasteiger charge is 2.08. The molecule has 1 aromatic carbocycles. The maximum absolute atomic E-state index is 12.9. The fourth-order valence-electron chi connectivity index (χ4n) is 0.897. The molecule has 1 atom stereocenters.